The van der Waals surface area contributed by atoms with Gasteiger partial charge in [0.1, 0.15) is 0 Å². The van der Waals surface area contributed by atoms with Gasteiger partial charge in [-0.05, 0) is 19.1 Å². The normalized spacial score (nSPS) is 15.4. The lowest BCUT2D eigenvalue weighted by Crippen LogP contribution is -2.46. The van der Waals surface area contributed by atoms with E-state index in [0.29, 0.717) is 18.3 Å². The minimum atomic E-state index is 0.613. The van der Waals surface area contributed by atoms with Crippen molar-refractivity contribution >= 4 is 5.82 Å². The standard InChI is InChI=1S/C19H22N6O/c1-14-3-5-16(6-4-14)17-7-8-18(22-21-17)25-11-9-24(10-12-25)13-19-23-20-15(2)26-19/h3-8H,9-13H2,1-2H3. The molecule has 0 aliphatic carbocycles. The summed E-state index contributed by atoms with van der Waals surface area (Å²) < 4.78 is 5.46. The Morgan fingerprint density at radius 2 is 1.62 bits per heavy atom. The molecule has 0 atom stereocenters. The van der Waals surface area contributed by atoms with Crippen LogP contribution in [0.3, 0.4) is 0 Å². The van der Waals surface area contributed by atoms with Crippen LogP contribution in [-0.2, 0) is 6.54 Å². The Morgan fingerprint density at radius 3 is 2.23 bits per heavy atom. The summed E-state index contributed by atoms with van der Waals surface area (Å²) in [6.45, 7) is 8.28. The molecular weight excluding hydrogens is 328 g/mol. The minimum Gasteiger partial charge on any atom is -0.424 e. The fourth-order valence-corrected chi connectivity index (χ4v) is 3.10. The van der Waals surface area contributed by atoms with Crippen LogP contribution < -0.4 is 4.90 Å². The number of rotatable bonds is 4. The second-order valence-electron chi connectivity index (χ2n) is 6.62. The van der Waals surface area contributed by atoms with Gasteiger partial charge in [0.2, 0.25) is 11.8 Å². The fourth-order valence-electron chi connectivity index (χ4n) is 3.10. The maximum Gasteiger partial charge on any atom is 0.230 e. The first-order valence-electron chi connectivity index (χ1n) is 8.84. The van der Waals surface area contributed by atoms with E-state index in [9.17, 15) is 0 Å². The third-order valence-electron chi connectivity index (χ3n) is 4.62. The highest BCUT2D eigenvalue weighted by Gasteiger charge is 2.20. The first-order valence-corrected chi connectivity index (χ1v) is 8.84. The van der Waals surface area contributed by atoms with Crippen LogP contribution in [-0.4, -0.2) is 51.5 Å². The molecule has 2 aromatic heterocycles. The summed E-state index contributed by atoms with van der Waals surface area (Å²) in [5.41, 5.74) is 3.24. The molecule has 0 amide bonds. The SMILES string of the molecule is Cc1ccc(-c2ccc(N3CCN(Cc4nnc(C)o4)CC3)nn2)cc1. The average molecular weight is 350 g/mol. The van der Waals surface area contributed by atoms with Gasteiger partial charge < -0.3 is 9.32 Å². The molecule has 3 aromatic rings. The lowest BCUT2D eigenvalue weighted by molar-refractivity contribution is 0.224. The molecule has 0 N–H and O–H groups in total. The predicted molar refractivity (Wildman–Crippen MR) is 98.7 cm³/mol. The Hall–Kier alpha value is -2.80. The summed E-state index contributed by atoms with van der Waals surface area (Å²) in [7, 11) is 0. The second-order valence-corrected chi connectivity index (χ2v) is 6.62. The number of nitrogens with zero attached hydrogens (tertiary/aromatic N) is 6. The van der Waals surface area contributed by atoms with Gasteiger partial charge in [-0.1, -0.05) is 29.8 Å². The van der Waals surface area contributed by atoms with Crippen molar-refractivity contribution in [2.24, 2.45) is 0 Å². The van der Waals surface area contributed by atoms with E-state index < -0.39 is 0 Å². The topological polar surface area (TPSA) is 71.2 Å². The first kappa shape index (κ1) is 16.7. The summed E-state index contributed by atoms with van der Waals surface area (Å²) >= 11 is 0. The van der Waals surface area contributed by atoms with Crippen molar-refractivity contribution < 1.29 is 4.42 Å². The molecule has 26 heavy (non-hydrogen) atoms. The van der Waals surface area contributed by atoms with Crippen LogP contribution in [0.5, 0.6) is 0 Å². The van der Waals surface area contributed by atoms with E-state index in [2.05, 4.69) is 67.5 Å². The Bertz CT molecular complexity index is 850. The largest absolute Gasteiger partial charge is 0.424 e. The van der Waals surface area contributed by atoms with E-state index in [1.165, 1.54) is 5.56 Å². The highest BCUT2D eigenvalue weighted by atomic mass is 16.4. The number of aromatic nitrogens is 4. The van der Waals surface area contributed by atoms with Gasteiger partial charge in [0, 0.05) is 38.7 Å². The van der Waals surface area contributed by atoms with Crippen molar-refractivity contribution in [2.45, 2.75) is 20.4 Å². The van der Waals surface area contributed by atoms with E-state index in [1.54, 1.807) is 0 Å². The van der Waals surface area contributed by atoms with E-state index in [4.69, 9.17) is 4.42 Å². The molecule has 0 unspecified atom stereocenters. The highest BCUT2D eigenvalue weighted by Crippen LogP contribution is 2.20. The van der Waals surface area contributed by atoms with Gasteiger partial charge in [0.15, 0.2) is 5.82 Å². The number of hydrogen-bond donors (Lipinski definition) is 0. The van der Waals surface area contributed by atoms with Gasteiger partial charge in [0.25, 0.3) is 0 Å². The van der Waals surface area contributed by atoms with Crippen molar-refractivity contribution in [3.63, 3.8) is 0 Å². The van der Waals surface area contributed by atoms with Crippen molar-refractivity contribution in [3.05, 3.63) is 53.7 Å². The fraction of sp³-hybridized carbons (Fsp3) is 0.368. The van der Waals surface area contributed by atoms with E-state index in [1.807, 2.05) is 13.0 Å². The van der Waals surface area contributed by atoms with Crippen molar-refractivity contribution in [3.8, 4) is 11.3 Å². The molecule has 4 rings (SSSR count). The zero-order valence-corrected chi connectivity index (χ0v) is 15.1. The van der Waals surface area contributed by atoms with Gasteiger partial charge in [-0.25, -0.2) is 0 Å². The van der Waals surface area contributed by atoms with Crippen LogP contribution in [0, 0.1) is 13.8 Å². The molecule has 7 nitrogen and oxygen atoms in total. The van der Waals surface area contributed by atoms with E-state index in [-0.39, 0.29) is 0 Å². The monoisotopic (exact) mass is 350 g/mol. The Labute approximate surface area is 152 Å². The molecule has 1 aliphatic heterocycles. The van der Waals surface area contributed by atoms with Crippen molar-refractivity contribution in [1.82, 2.24) is 25.3 Å². The lowest BCUT2D eigenvalue weighted by atomic mass is 10.1. The molecule has 1 aromatic carbocycles. The first-order chi connectivity index (χ1) is 12.7. The molecule has 134 valence electrons. The quantitative estimate of drug-likeness (QED) is 0.716. The zero-order chi connectivity index (χ0) is 17.9. The summed E-state index contributed by atoms with van der Waals surface area (Å²) in [4.78, 5) is 4.58. The molecule has 0 spiro atoms. The van der Waals surface area contributed by atoms with E-state index in [0.717, 1.165) is 43.3 Å². The molecule has 1 fully saturated rings. The summed E-state index contributed by atoms with van der Waals surface area (Å²) in [6, 6.07) is 12.4. The number of piperazine rings is 1. The Morgan fingerprint density at radius 1 is 0.846 bits per heavy atom. The smallest absolute Gasteiger partial charge is 0.230 e. The maximum atomic E-state index is 5.46. The number of hydrogen-bond acceptors (Lipinski definition) is 7. The van der Waals surface area contributed by atoms with Crippen LogP contribution in [0.4, 0.5) is 5.82 Å². The van der Waals surface area contributed by atoms with Gasteiger partial charge in [-0.15, -0.1) is 20.4 Å². The van der Waals surface area contributed by atoms with Crippen molar-refractivity contribution in [2.75, 3.05) is 31.1 Å². The molecule has 0 saturated carbocycles. The third kappa shape index (κ3) is 3.72. The molecular formula is C19H22N6O. The Balaban J connectivity index is 1.36. The minimum absolute atomic E-state index is 0.613. The molecule has 0 bridgehead atoms. The Kier molecular flexibility index (Phi) is 4.62. The summed E-state index contributed by atoms with van der Waals surface area (Å²) in [6.07, 6.45) is 0. The van der Waals surface area contributed by atoms with Crippen LogP contribution in [0.15, 0.2) is 40.8 Å². The molecule has 1 aliphatic rings. The maximum absolute atomic E-state index is 5.46. The summed E-state index contributed by atoms with van der Waals surface area (Å²) in [5.74, 6) is 2.22. The number of benzene rings is 1. The lowest BCUT2D eigenvalue weighted by Gasteiger charge is -2.34. The van der Waals surface area contributed by atoms with Gasteiger partial charge in [-0.3, -0.25) is 4.90 Å². The van der Waals surface area contributed by atoms with Crippen LogP contribution in [0.2, 0.25) is 0 Å². The van der Waals surface area contributed by atoms with Crippen molar-refractivity contribution in [1.29, 1.82) is 0 Å². The average Bonchev–Trinajstić information content (AvgIpc) is 3.08. The van der Waals surface area contributed by atoms with E-state index >= 15 is 0 Å². The summed E-state index contributed by atoms with van der Waals surface area (Å²) in [5, 5.41) is 16.8. The highest BCUT2D eigenvalue weighted by molar-refractivity contribution is 5.60. The molecule has 0 radical (unpaired) electrons. The van der Waals surface area contributed by atoms with Gasteiger partial charge in [-0.2, -0.15) is 0 Å². The third-order valence-corrected chi connectivity index (χ3v) is 4.62. The van der Waals surface area contributed by atoms with Crippen LogP contribution in [0.1, 0.15) is 17.3 Å². The van der Waals surface area contributed by atoms with Gasteiger partial charge >= 0.3 is 0 Å². The van der Waals surface area contributed by atoms with Crippen LogP contribution in [0.25, 0.3) is 11.3 Å². The number of anilines is 1. The second kappa shape index (κ2) is 7.21. The van der Waals surface area contributed by atoms with Gasteiger partial charge in [0.05, 0.1) is 12.2 Å². The molecule has 7 heteroatoms. The zero-order valence-electron chi connectivity index (χ0n) is 15.1. The van der Waals surface area contributed by atoms with Crippen LogP contribution >= 0.6 is 0 Å². The molecule has 3 heterocycles. The predicted octanol–water partition coefficient (Wildman–Crippen LogP) is 2.47. The molecule has 1 saturated heterocycles. The number of aryl methyl sites for hydroxylation is 2.